The van der Waals surface area contributed by atoms with Crippen LogP contribution in [0.1, 0.15) is 37.9 Å². The zero-order valence-electron chi connectivity index (χ0n) is 11.8. The van der Waals surface area contributed by atoms with E-state index in [1.807, 2.05) is 19.9 Å². The Bertz CT molecular complexity index is 604. The van der Waals surface area contributed by atoms with Crippen molar-refractivity contribution < 1.29 is 0 Å². The summed E-state index contributed by atoms with van der Waals surface area (Å²) in [6, 6.07) is 1.93. The van der Waals surface area contributed by atoms with Crippen LogP contribution in [0.4, 0.5) is 5.82 Å². The molecule has 2 rings (SSSR count). The number of halogens is 1. The molecule has 0 amide bonds. The van der Waals surface area contributed by atoms with Gasteiger partial charge in [0.1, 0.15) is 5.82 Å². The fraction of sp³-hybridized carbons (Fsp3) is 0.462. The maximum absolute atomic E-state index is 6.15. The van der Waals surface area contributed by atoms with Crippen LogP contribution in [-0.2, 0) is 5.41 Å². The van der Waals surface area contributed by atoms with Crippen LogP contribution in [0.15, 0.2) is 6.07 Å². The Morgan fingerprint density at radius 1 is 1.16 bits per heavy atom. The molecular weight excluding hydrogens is 353 g/mol. The zero-order valence-corrected chi connectivity index (χ0v) is 14.0. The number of nitrogens with two attached hydrogens (primary N) is 1. The van der Waals surface area contributed by atoms with E-state index in [2.05, 4.69) is 58.4 Å². The quantitative estimate of drug-likeness (QED) is 0.783. The van der Waals surface area contributed by atoms with Crippen LogP contribution in [0.2, 0.25) is 0 Å². The van der Waals surface area contributed by atoms with E-state index < -0.39 is 0 Å². The fourth-order valence-electron chi connectivity index (χ4n) is 1.85. The maximum Gasteiger partial charge on any atom is 0.252 e. The summed E-state index contributed by atoms with van der Waals surface area (Å²) in [6.07, 6.45) is 0. The minimum Gasteiger partial charge on any atom is -0.383 e. The van der Waals surface area contributed by atoms with Crippen LogP contribution in [0.5, 0.6) is 0 Å². The van der Waals surface area contributed by atoms with E-state index >= 15 is 0 Å². The van der Waals surface area contributed by atoms with Gasteiger partial charge in [-0.2, -0.15) is 9.78 Å². The van der Waals surface area contributed by atoms with Gasteiger partial charge in [0.05, 0.1) is 9.26 Å². The van der Waals surface area contributed by atoms with E-state index in [-0.39, 0.29) is 5.41 Å². The van der Waals surface area contributed by atoms with Gasteiger partial charge < -0.3 is 5.73 Å². The molecule has 0 fully saturated rings. The Kier molecular flexibility index (Phi) is 3.55. The first kappa shape index (κ1) is 14.2. The lowest BCUT2D eigenvalue weighted by Gasteiger charge is -2.15. The third-order valence-electron chi connectivity index (χ3n) is 2.73. The molecule has 6 heteroatoms. The van der Waals surface area contributed by atoms with Crippen molar-refractivity contribution in [1.82, 2.24) is 19.7 Å². The van der Waals surface area contributed by atoms with Gasteiger partial charge in [-0.1, -0.05) is 20.8 Å². The minimum atomic E-state index is -0.0608. The van der Waals surface area contributed by atoms with Crippen molar-refractivity contribution >= 4 is 28.4 Å². The van der Waals surface area contributed by atoms with E-state index in [1.165, 1.54) is 0 Å². The van der Waals surface area contributed by atoms with Gasteiger partial charge in [-0.25, -0.2) is 9.97 Å². The number of rotatable bonds is 1. The first-order chi connectivity index (χ1) is 8.70. The van der Waals surface area contributed by atoms with Crippen LogP contribution >= 0.6 is 22.6 Å². The number of anilines is 1. The molecule has 0 aliphatic rings. The van der Waals surface area contributed by atoms with Crippen molar-refractivity contribution in [3.05, 3.63) is 26.7 Å². The van der Waals surface area contributed by atoms with Gasteiger partial charge in [0.25, 0.3) is 5.95 Å². The predicted molar refractivity (Wildman–Crippen MR) is 84.5 cm³/mol. The zero-order chi connectivity index (χ0) is 14.4. The molecule has 2 N–H and O–H groups in total. The van der Waals surface area contributed by atoms with Gasteiger partial charge in [-0.3, -0.25) is 0 Å². The van der Waals surface area contributed by atoms with Gasteiger partial charge in [0, 0.05) is 16.8 Å². The third-order valence-corrected chi connectivity index (χ3v) is 3.79. The highest BCUT2D eigenvalue weighted by atomic mass is 127. The molecule has 0 saturated carbocycles. The van der Waals surface area contributed by atoms with Gasteiger partial charge in [-0.05, 0) is 42.5 Å². The van der Waals surface area contributed by atoms with Gasteiger partial charge in [0.15, 0.2) is 0 Å². The van der Waals surface area contributed by atoms with E-state index in [0.29, 0.717) is 11.8 Å². The first-order valence-corrected chi connectivity index (χ1v) is 7.15. The second-order valence-electron chi connectivity index (χ2n) is 5.66. The Morgan fingerprint density at radius 2 is 1.68 bits per heavy atom. The molecule has 0 saturated heterocycles. The number of hydrogen-bond donors (Lipinski definition) is 1. The van der Waals surface area contributed by atoms with Crippen LogP contribution < -0.4 is 5.73 Å². The molecule has 2 heterocycles. The second-order valence-corrected chi connectivity index (χ2v) is 6.74. The van der Waals surface area contributed by atoms with Crippen LogP contribution in [0.25, 0.3) is 5.95 Å². The van der Waals surface area contributed by atoms with E-state index in [1.54, 1.807) is 4.68 Å². The fourth-order valence-corrected chi connectivity index (χ4v) is 2.99. The van der Waals surface area contributed by atoms with Crippen LogP contribution in [-0.4, -0.2) is 19.7 Å². The summed E-state index contributed by atoms with van der Waals surface area (Å²) >= 11 is 2.23. The SMILES string of the molecule is Cc1cc(C)nc(-n2nc(C(C)(C)C)c(I)c2N)n1. The summed E-state index contributed by atoms with van der Waals surface area (Å²) in [6.45, 7) is 10.2. The largest absolute Gasteiger partial charge is 0.383 e. The second kappa shape index (κ2) is 4.73. The molecule has 0 atom stereocenters. The highest BCUT2D eigenvalue weighted by Gasteiger charge is 2.25. The molecule has 102 valence electrons. The van der Waals surface area contributed by atoms with Gasteiger partial charge >= 0.3 is 0 Å². The lowest BCUT2D eigenvalue weighted by Crippen LogP contribution is -2.14. The van der Waals surface area contributed by atoms with Crippen molar-refractivity contribution in [2.75, 3.05) is 5.73 Å². The minimum absolute atomic E-state index is 0.0608. The first-order valence-electron chi connectivity index (χ1n) is 6.07. The molecule has 2 aromatic rings. The number of nitrogen functional groups attached to an aromatic ring is 1. The topological polar surface area (TPSA) is 69.6 Å². The molecule has 0 aromatic carbocycles. The molecule has 0 radical (unpaired) electrons. The standard InChI is InChI=1S/C13H18IN5/c1-7-6-8(2)17-12(16-7)19-11(15)9(14)10(18-19)13(3,4)5/h6H,15H2,1-5H3. The van der Waals surface area contributed by atoms with Gasteiger partial charge in [-0.15, -0.1) is 0 Å². The van der Waals surface area contributed by atoms with Crippen molar-refractivity contribution in [3.63, 3.8) is 0 Å². The molecule has 5 nitrogen and oxygen atoms in total. The van der Waals surface area contributed by atoms with Gasteiger partial charge in [0.2, 0.25) is 0 Å². The molecule has 0 bridgehead atoms. The lowest BCUT2D eigenvalue weighted by atomic mass is 9.92. The average Bonchev–Trinajstić information content (AvgIpc) is 2.54. The molecule has 0 aliphatic heterocycles. The monoisotopic (exact) mass is 371 g/mol. The van der Waals surface area contributed by atoms with Crippen molar-refractivity contribution in [3.8, 4) is 5.95 Å². The Morgan fingerprint density at radius 3 is 2.11 bits per heavy atom. The number of hydrogen-bond acceptors (Lipinski definition) is 4. The van der Waals surface area contributed by atoms with E-state index in [0.717, 1.165) is 20.7 Å². The lowest BCUT2D eigenvalue weighted by molar-refractivity contribution is 0.555. The molecular formula is C13H18IN5. The molecule has 0 aliphatic carbocycles. The predicted octanol–water partition coefficient (Wildman–Crippen LogP) is 2.76. The molecule has 0 unspecified atom stereocenters. The Balaban J connectivity index is 2.64. The summed E-state index contributed by atoms with van der Waals surface area (Å²) < 4.78 is 2.59. The Labute approximate surface area is 126 Å². The van der Waals surface area contributed by atoms with E-state index in [9.17, 15) is 0 Å². The summed E-state index contributed by atoms with van der Waals surface area (Å²) in [4.78, 5) is 8.82. The summed E-state index contributed by atoms with van der Waals surface area (Å²) in [7, 11) is 0. The van der Waals surface area contributed by atoms with Crippen LogP contribution in [0, 0.1) is 17.4 Å². The van der Waals surface area contributed by atoms with E-state index in [4.69, 9.17) is 5.73 Å². The van der Waals surface area contributed by atoms with Crippen molar-refractivity contribution in [2.45, 2.75) is 40.0 Å². The van der Waals surface area contributed by atoms with Crippen LogP contribution in [0.3, 0.4) is 0 Å². The third kappa shape index (κ3) is 2.72. The molecule has 19 heavy (non-hydrogen) atoms. The molecule has 2 aromatic heterocycles. The number of nitrogens with zero attached hydrogens (tertiary/aromatic N) is 4. The van der Waals surface area contributed by atoms with Crippen molar-refractivity contribution in [2.24, 2.45) is 0 Å². The van der Waals surface area contributed by atoms with Crippen molar-refractivity contribution in [1.29, 1.82) is 0 Å². The Hall–Kier alpha value is -1.18. The molecule has 0 spiro atoms. The highest BCUT2D eigenvalue weighted by Crippen LogP contribution is 2.30. The average molecular weight is 371 g/mol. The number of aryl methyl sites for hydroxylation is 2. The summed E-state index contributed by atoms with van der Waals surface area (Å²) in [5, 5.41) is 4.59. The summed E-state index contributed by atoms with van der Waals surface area (Å²) in [5.41, 5.74) is 8.86. The highest BCUT2D eigenvalue weighted by molar-refractivity contribution is 14.1. The number of aromatic nitrogens is 4. The smallest absolute Gasteiger partial charge is 0.252 e. The summed E-state index contributed by atoms with van der Waals surface area (Å²) in [5.74, 6) is 1.12. The maximum atomic E-state index is 6.15. The normalized spacial score (nSPS) is 11.9.